The zero-order chi connectivity index (χ0) is 14.4. The number of thiocarbonyl (C=S) groups is 1. The summed E-state index contributed by atoms with van der Waals surface area (Å²) in [6, 6.07) is 6.88. The number of ether oxygens (including phenoxy) is 1. The Morgan fingerprint density at radius 2 is 1.95 bits per heavy atom. The summed E-state index contributed by atoms with van der Waals surface area (Å²) >= 11 is 4.88. The summed E-state index contributed by atoms with van der Waals surface area (Å²) < 4.78 is 5.35. The van der Waals surface area contributed by atoms with Crippen molar-refractivity contribution in [3.63, 3.8) is 0 Å². The van der Waals surface area contributed by atoms with E-state index in [4.69, 9.17) is 28.4 Å². The van der Waals surface area contributed by atoms with Gasteiger partial charge in [0.1, 0.15) is 10.7 Å². The molecule has 0 aliphatic rings. The summed E-state index contributed by atoms with van der Waals surface area (Å²) in [6.45, 7) is -0.372. The van der Waals surface area contributed by atoms with Gasteiger partial charge in [0.25, 0.3) is 5.91 Å². The third-order valence-corrected chi connectivity index (χ3v) is 2.54. The van der Waals surface area contributed by atoms with Gasteiger partial charge in [-0.2, -0.15) is 0 Å². The van der Waals surface area contributed by atoms with Gasteiger partial charge in [0.2, 0.25) is 5.91 Å². The number of benzene rings is 1. The van der Waals surface area contributed by atoms with Gasteiger partial charge in [0.05, 0.1) is 12.1 Å². The van der Waals surface area contributed by atoms with E-state index >= 15 is 0 Å². The minimum Gasteiger partial charge on any atom is -0.483 e. The zero-order valence-electron chi connectivity index (χ0n) is 10.5. The normalized spacial score (nSPS) is 9.74. The lowest BCUT2D eigenvalue weighted by atomic mass is 10.2. The molecule has 0 aliphatic heterocycles. The molecule has 0 aromatic heterocycles. The van der Waals surface area contributed by atoms with E-state index in [1.807, 2.05) is 0 Å². The number of carbonyl (C=O) groups excluding carboxylic acids is 2. The molecule has 0 bridgehead atoms. The molecule has 0 atom stereocenters. The predicted octanol–water partition coefficient (Wildman–Crippen LogP) is -0.357. The summed E-state index contributed by atoms with van der Waals surface area (Å²) in [5.41, 5.74) is 11.1. The van der Waals surface area contributed by atoms with Gasteiger partial charge in [-0.3, -0.25) is 9.59 Å². The topological polar surface area (TPSA) is 98.6 Å². The Morgan fingerprint density at radius 1 is 1.32 bits per heavy atom. The Bertz CT molecular complexity index is 505. The molecule has 0 aliphatic carbocycles. The number of amides is 2. The lowest BCUT2D eigenvalue weighted by Crippen LogP contribution is -2.38. The molecule has 1 aromatic rings. The van der Waals surface area contributed by atoms with Gasteiger partial charge in [-0.25, -0.2) is 0 Å². The van der Waals surface area contributed by atoms with Gasteiger partial charge in [0, 0.05) is 7.05 Å². The highest BCUT2D eigenvalue weighted by atomic mass is 32.1. The van der Waals surface area contributed by atoms with Crippen molar-refractivity contribution in [2.24, 2.45) is 11.5 Å². The summed E-state index contributed by atoms with van der Waals surface area (Å²) in [6.07, 6.45) is 0. The highest BCUT2D eigenvalue weighted by Gasteiger charge is 2.13. The van der Waals surface area contributed by atoms with Gasteiger partial charge >= 0.3 is 0 Å². The molecule has 1 aromatic carbocycles. The Kier molecular flexibility index (Phi) is 5.25. The van der Waals surface area contributed by atoms with E-state index in [-0.39, 0.29) is 24.0 Å². The minimum atomic E-state index is -0.584. The van der Waals surface area contributed by atoms with Gasteiger partial charge in [-0.05, 0) is 12.1 Å². The van der Waals surface area contributed by atoms with Crippen LogP contribution in [0, 0.1) is 0 Å². The quantitative estimate of drug-likeness (QED) is 0.694. The predicted molar refractivity (Wildman–Crippen MR) is 74.7 cm³/mol. The largest absolute Gasteiger partial charge is 0.483 e. The smallest absolute Gasteiger partial charge is 0.260 e. The molecule has 0 unspecified atom stereocenters. The van der Waals surface area contributed by atoms with Crippen molar-refractivity contribution in [3.05, 3.63) is 29.8 Å². The zero-order valence-corrected chi connectivity index (χ0v) is 11.3. The van der Waals surface area contributed by atoms with Crippen molar-refractivity contribution < 1.29 is 14.3 Å². The average Bonchev–Trinajstić information content (AvgIpc) is 2.35. The Hall–Kier alpha value is -2.15. The van der Waals surface area contributed by atoms with Gasteiger partial charge in [0.15, 0.2) is 6.61 Å². The maximum atomic E-state index is 11.7. The second kappa shape index (κ2) is 6.69. The number of primary amides is 1. The lowest BCUT2D eigenvalue weighted by Gasteiger charge is -2.16. The van der Waals surface area contributed by atoms with E-state index < -0.39 is 5.91 Å². The van der Waals surface area contributed by atoms with Gasteiger partial charge in [-0.15, -0.1) is 0 Å². The van der Waals surface area contributed by atoms with Crippen molar-refractivity contribution >= 4 is 29.0 Å². The van der Waals surface area contributed by atoms with Crippen molar-refractivity contribution in [1.29, 1.82) is 0 Å². The highest BCUT2D eigenvalue weighted by molar-refractivity contribution is 7.80. The SMILES string of the molecule is CN(CC(N)=O)C(=O)COc1ccccc1C(N)=S. The van der Waals surface area contributed by atoms with E-state index in [0.29, 0.717) is 11.3 Å². The Morgan fingerprint density at radius 3 is 2.53 bits per heavy atom. The van der Waals surface area contributed by atoms with Gasteiger partial charge < -0.3 is 21.1 Å². The summed E-state index contributed by atoms with van der Waals surface area (Å²) in [7, 11) is 1.47. The summed E-state index contributed by atoms with van der Waals surface area (Å²) in [4.78, 5) is 23.7. The lowest BCUT2D eigenvalue weighted by molar-refractivity contribution is -0.135. The molecule has 0 heterocycles. The molecule has 102 valence electrons. The number of likely N-dealkylation sites (N-methyl/N-ethyl adjacent to an activating group) is 1. The molecule has 0 saturated carbocycles. The van der Waals surface area contributed by atoms with E-state index in [9.17, 15) is 9.59 Å². The molecule has 0 spiro atoms. The first-order valence-electron chi connectivity index (χ1n) is 5.45. The number of carbonyl (C=O) groups is 2. The first-order valence-corrected chi connectivity index (χ1v) is 5.86. The second-order valence-corrected chi connectivity index (χ2v) is 4.31. The van der Waals surface area contributed by atoms with Crippen LogP contribution in [0.15, 0.2) is 24.3 Å². The molecule has 7 heteroatoms. The number of para-hydroxylation sites is 1. The molecule has 19 heavy (non-hydrogen) atoms. The maximum absolute atomic E-state index is 11.7. The van der Waals surface area contributed by atoms with Crippen molar-refractivity contribution in [2.45, 2.75) is 0 Å². The average molecular weight is 281 g/mol. The molecule has 6 nitrogen and oxygen atoms in total. The van der Waals surface area contributed by atoms with Crippen LogP contribution >= 0.6 is 12.2 Å². The standard InChI is InChI=1S/C12H15N3O3S/c1-15(6-10(13)16)11(17)7-18-9-5-3-2-4-8(9)12(14)19/h2-5H,6-7H2,1H3,(H2,13,16)(H2,14,19). The fourth-order valence-electron chi connectivity index (χ4n) is 1.37. The fraction of sp³-hybridized carbons (Fsp3) is 0.250. The Balaban J connectivity index is 2.64. The van der Waals surface area contributed by atoms with Crippen LogP contribution in [0.5, 0.6) is 5.75 Å². The van der Waals surface area contributed by atoms with Crippen molar-refractivity contribution in [2.75, 3.05) is 20.2 Å². The van der Waals surface area contributed by atoms with E-state index in [2.05, 4.69) is 0 Å². The van der Waals surface area contributed by atoms with Crippen LogP contribution in [0.4, 0.5) is 0 Å². The number of hydrogen-bond donors (Lipinski definition) is 2. The second-order valence-electron chi connectivity index (χ2n) is 3.87. The van der Waals surface area contributed by atoms with E-state index in [1.54, 1.807) is 24.3 Å². The number of nitrogens with zero attached hydrogens (tertiary/aromatic N) is 1. The maximum Gasteiger partial charge on any atom is 0.260 e. The number of nitrogens with two attached hydrogens (primary N) is 2. The molecule has 0 radical (unpaired) electrons. The summed E-state index contributed by atoms with van der Waals surface area (Å²) in [5.74, 6) is -0.522. The molecule has 0 saturated heterocycles. The van der Waals surface area contributed by atoms with Gasteiger partial charge in [-0.1, -0.05) is 24.4 Å². The molecule has 0 fully saturated rings. The van der Waals surface area contributed by atoms with Crippen LogP contribution in [0.1, 0.15) is 5.56 Å². The van der Waals surface area contributed by atoms with Crippen LogP contribution in [0.2, 0.25) is 0 Å². The molecule has 4 N–H and O–H groups in total. The Labute approximate surface area is 116 Å². The fourth-order valence-corrected chi connectivity index (χ4v) is 1.54. The molecule has 1 rings (SSSR count). The monoisotopic (exact) mass is 281 g/mol. The third kappa shape index (κ3) is 4.55. The minimum absolute atomic E-state index is 0.154. The third-order valence-electron chi connectivity index (χ3n) is 2.32. The highest BCUT2D eigenvalue weighted by Crippen LogP contribution is 2.17. The number of hydrogen-bond acceptors (Lipinski definition) is 4. The molecule has 2 amide bonds. The first kappa shape index (κ1) is 14.9. The number of rotatable bonds is 6. The first-order chi connectivity index (χ1) is 8.91. The van der Waals surface area contributed by atoms with Crippen LogP contribution in [-0.2, 0) is 9.59 Å². The van der Waals surface area contributed by atoms with Crippen LogP contribution in [-0.4, -0.2) is 41.9 Å². The van der Waals surface area contributed by atoms with E-state index in [1.165, 1.54) is 11.9 Å². The molecular formula is C12H15N3O3S. The van der Waals surface area contributed by atoms with Crippen molar-refractivity contribution in [1.82, 2.24) is 4.90 Å². The van der Waals surface area contributed by atoms with Crippen LogP contribution < -0.4 is 16.2 Å². The van der Waals surface area contributed by atoms with Crippen molar-refractivity contribution in [3.8, 4) is 5.75 Å². The van der Waals surface area contributed by atoms with E-state index in [0.717, 1.165) is 0 Å². The molecular weight excluding hydrogens is 266 g/mol. The summed E-state index contributed by atoms with van der Waals surface area (Å²) in [5, 5.41) is 0. The van der Waals surface area contributed by atoms with Crippen LogP contribution in [0.3, 0.4) is 0 Å². The van der Waals surface area contributed by atoms with Crippen LogP contribution in [0.25, 0.3) is 0 Å².